The largest absolute Gasteiger partial charge is 0.309 e. The Bertz CT molecular complexity index is 536. The normalized spacial score (nSPS) is 10.7. The summed E-state index contributed by atoms with van der Waals surface area (Å²) >= 11 is 1.50. The first-order valence-corrected chi connectivity index (χ1v) is 6.38. The van der Waals surface area contributed by atoms with Crippen LogP contribution in [0.2, 0.25) is 0 Å². The first-order valence-electron chi connectivity index (χ1n) is 5.57. The van der Waals surface area contributed by atoms with Gasteiger partial charge >= 0.3 is 0 Å². The number of hydrogen-bond donors (Lipinski definition) is 2. The molecule has 0 spiro atoms. The second-order valence-electron chi connectivity index (χ2n) is 3.82. The van der Waals surface area contributed by atoms with Crippen LogP contribution >= 0.6 is 11.3 Å². The van der Waals surface area contributed by atoms with Gasteiger partial charge in [-0.05, 0) is 31.2 Å². The molecule has 0 aliphatic carbocycles. The summed E-state index contributed by atoms with van der Waals surface area (Å²) in [6, 6.07) is 6.07. The Hall–Kier alpha value is -1.46. The number of benzene rings is 1. The minimum Gasteiger partial charge on any atom is -0.309 e. The molecule has 0 atom stereocenters. The Balaban J connectivity index is 2.11. The lowest BCUT2D eigenvalue weighted by Crippen LogP contribution is -2.27. The Morgan fingerprint density at radius 1 is 1.47 bits per heavy atom. The van der Waals surface area contributed by atoms with Crippen LogP contribution in [0.3, 0.4) is 0 Å². The summed E-state index contributed by atoms with van der Waals surface area (Å²) in [5.74, 6) is -0.0531. The zero-order valence-electron chi connectivity index (χ0n) is 9.91. The Labute approximate surface area is 104 Å². The molecule has 1 aromatic carbocycles. The maximum absolute atomic E-state index is 11.5. The highest BCUT2D eigenvalue weighted by Gasteiger charge is 2.07. The fourth-order valence-electron chi connectivity index (χ4n) is 1.49. The molecular weight excluding hydrogens is 234 g/mol. The van der Waals surface area contributed by atoms with Gasteiger partial charge in [-0.15, -0.1) is 0 Å². The monoisotopic (exact) mass is 249 g/mol. The van der Waals surface area contributed by atoms with Gasteiger partial charge in [0.05, 0.1) is 16.8 Å². The molecule has 1 amide bonds. The SMILES string of the molecule is CCNCC(=O)Nc1nc2ccc(C)cc2s1. The third kappa shape index (κ3) is 3.01. The second kappa shape index (κ2) is 5.25. The van der Waals surface area contributed by atoms with E-state index in [1.54, 1.807) is 0 Å². The van der Waals surface area contributed by atoms with Crippen molar-refractivity contribution in [1.82, 2.24) is 10.3 Å². The molecule has 0 saturated carbocycles. The number of fused-ring (bicyclic) bond motifs is 1. The van der Waals surface area contributed by atoms with E-state index in [1.165, 1.54) is 16.9 Å². The smallest absolute Gasteiger partial charge is 0.240 e. The molecule has 17 heavy (non-hydrogen) atoms. The minimum absolute atomic E-state index is 0.0531. The van der Waals surface area contributed by atoms with E-state index in [0.29, 0.717) is 11.7 Å². The summed E-state index contributed by atoms with van der Waals surface area (Å²) in [7, 11) is 0. The number of carbonyl (C=O) groups is 1. The minimum atomic E-state index is -0.0531. The summed E-state index contributed by atoms with van der Waals surface area (Å²) in [4.78, 5) is 15.9. The predicted molar refractivity (Wildman–Crippen MR) is 71.5 cm³/mol. The second-order valence-corrected chi connectivity index (χ2v) is 4.85. The lowest BCUT2D eigenvalue weighted by atomic mass is 10.2. The van der Waals surface area contributed by atoms with Gasteiger partial charge in [0, 0.05) is 0 Å². The number of rotatable bonds is 4. The number of aryl methyl sites for hydroxylation is 1. The third-order valence-corrected chi connectivity index (χ3v) is 3.26. The molecule has 0 bridgehead atoms. The number of aromatic nitrogens is 1. The zero-order chi connectivity index (χ0) is 12.3. The number of carbonyl (C=O) groups excluding carboxylic acids is 1. The Morgan fingerprint density at radius 3 is 3.06 bits per heavy atom. The summed E-state index contributed by atoms with van der Waals surface area (Å²) < 4.78 is 1.10. The lowest BCUT2D eigenvalue weighted by molar-refractivity contribution is -0.115. The van der Waals surface area contributed by atoms with Gasteiger partial charge in [0.2, 0.25) is 5.91 Å². The Kier molecular flexibility index (Phi) is 3.71. The summed E-state index contributed by atoms with van der Waals surface area (Å²) in [5, 5.41) is 6.43. The van der Waals surface area contributed by atoms with Crippen molar-refractivity contribution >= 4 is 32.6 Å². The predicted octanol–water partition coefficient (Wildman–Crippen LogP) is 2.15. The fraction of sp³-hybridized carbons (Fsp3) is 0.333. The quantitative estimate of drug-likeness (QED) is 0.873. The van der Waals surface area contributed by atoms with Crippen LogP contribution in [-0.4, -0.2) is 24.0 Å². The molecule has 2 aromatic rings. The van der Waals surface area contributed by atoms with Gasteiger partial charge < -0.3 is 10.6 Å². The highest BCUT2D eigenvalue weighted by atomic mass is 32.1. The van der Waals surface area contributed by atoms with E-state index in [0.717, 1.165) is 16.8 Å². The molecular formula is C12H15N3OS. The van der Waals surface area contributed by atoms with Crippen molar-refractivity contribution in [3.63, 3.8) is 0 Å². The van der Waals surface area contributed by atoms with Crippen LogP contribution in [0, 0.1) is 6.92 Å². The van der Waals surface area contributed by atoms with Gasteiger partial charge in [0.15, 0.2) is 5.13 Å². The van der Waals surface area contributed by atoms with Crippen molar-refractivity contribution in [3.8, 4) is 0 Å². The van der Waals surface area contributed by atoms with E-state index in [1.807, 2.05) is 26.0 Å². The zero-order valence-corrected chi connectivity index (χ0v) is 10.7. The average Bonchev–Trinajstić information content (AvgIpc) is 2.67. The first kappa shape index (κ1) is 12.0. The molecule has 0 fully saturated rings. The molecule has 5 heteroatoms. The molecule has 90 valence electrons. The average molecular weight is 249 g/mol. The van der Waals surface area contributed by atoms with Crippen LogP contribution in [0.5, 0.6) is 0 Å². The number of likely N-dealkylation sites (N-methyl/N-ethyl adjacent to an activating group) is 1. The van der Waals surface area contributed by atoms with Crippen LogP contribution in [-0.2, 0) is 4.79 Å². The van der Waals surface area contributed by atoms with Gasteiger partial charge in [0.25, 0.3) is 0 Å². The molecule has 2 N–H and O–H groups in total. The summed E-state index contributed by atoms with van der Waals surface area (Å²) in [6.45, 7) is 5.12. The Morgan fingerprint density at radius 2 is 2.29 bits per heavy atom. The molecule has 0 unspecified atom stereocenters. The highest BCUT2D eigenvalue weighted by Crippen LogP contribution is 2.26. The first-order chi connectivity index (χ1) is 8.19. The van der Waals surface area contributed by atoms with E-state index in [2.05, 4.69) is 21.7 Å². The van der Waals surface area contributed by atoms with Gasteiger partial charge in [-0.2, -0.15) is 0 Å². The van der Waals surface area contributed by atoms with Crippen LogP contribution in [0.25, 0.3) is 10.2 Å². The molecule has 2 rings (SSSR count). The van der Waals surface area contributed by atoms with Crippen molar-refractivity contribution in [2.24, 2.45) is 0 Å². The summed E-state index contributed by atoms with van der Waals surface area (Å²) in [6.07, 6.45) is 0. The number of amides is 1. The summed E-state index contributed by atoms with van der Waals surface area (Å²) in [5.41, 5.74) is 2.13. The van der Waals surface area contributed by atoms with E-state index >= 15 is 0 Å². The standard InChI is InChI=1S/C12H15N3OS/c1-3-13-7-11(16)15-12-14-9-5-4-8(2)6-10(9)17-12/h4-6,13H,3,7H2,1-2H3,(H,14,15,16). The van der Waals surface area contributed by atoms with Gasteiger partial charge in [-0.25, -0.2) is 4.98 Å². The topological polar surface area (TPSA) is 54.0 Å². The van der Waals surface area contributed by atoms with Crippen LogP contribution in [0.15, 0.2) is 18.2 Å². The van der Waals surface area contributed by atoms with Crippen LogP contribution < -0.4 is 10.6 Å². The maximum atomic E-state index is 11.5. The number of anilines is 1. The van der Waals surface area contributed by atoms with E-state index in [4.69, 9.17) is 0 Å². The van der Waals surface area contributed by atoms with Crippen LogP contribution in [0.1, 0.15) is 12.5 Å². The van der Waals surface area contributed by atoms with Crippen molar-refractivity contribution in [2.45, 2.75) is 13.8 Å². The van der Waals surface area contributed by atoms with Gasteiger partial charge in [-0.3, -0.25) is 4.79 Å². The highest BCUT2D eigenvalue weighted by molar-refractivity contribution is 7.22. The number of nitrogens with zero attached hydrogens (tertiary/aromatic N) is 1. The molecule has 0 aliphatic rings. The van der Waals surface area contributed by atoms with Crippen molar-refractivity contribution in [2.75, 3.05) is 18.4 Å². The van der Waals surface area contributed by atoms with Crippen molar-refractivity contribution in [1.29, 1.82) is 0 Å². The van der Waals surface area contributed by atoms with E-state index in [9.17, 15) is 4.79 Å². The molecule has 0 radical (unpaired) electrons. The van der Waals surface area contributed by atoms with Gasteiger partial charge in [0.1, 0.15) is 0 Å². The van der Waals surface area contributed by atoms with E-state index < -0.39 is 0 Å². The van der Waals surface area contributed by atoms with E-state index in [-0.39, 0.29) is 5.91 Å². The molecule has 1 heterocycles. The molecule has 0 saturated heterocycles. The van der Waals surface area contributed by atoms with Crippen molar-refractivity contribution in [3.05, 3.63) is 23.8 Å². The van der Waals surface area contributed by atoms with Gasteiger partial charge in [-0.1, -0.05) is 24.3 Å². The maximum Gasteiger partial charge on any atom is 0.240 e. The van der Waals surface area contributed by atoms with Crippen LogP contribution in [0.4, 0.5) is 5.13 Å². The number of hydrogen-bond acceptors (Lipinski definition) is 4. The molecule has 0 aliphatic heterocycles. The third-order valence-electron chi connectivity index (χ3n) is 2.33. The fourth-order valence-corrected chi connectivity index (χ4v) is 2.47. The number of thiazole rings is 1. The molecule has 4 nitrogen and oxygen atoms in total. The molecule has 1 aromatic heterocycles. The number of nitrogens with one attached hydrogen (secondary N) is 2. The lowest BCUT2D eigenvalue weighted by Gasteiger charge is -2.00. The van der Waals surface area contributed by atoms with Crippen molar-refractivity contribution < 1.29 is 4.79 Å².